The van der Waals surface area contributed by atoms with E-state index in [-0.39, 0.29) is 5.92 Å². The topological polar surface area (TPSA) is 68.5 Å². The van der Waals surface area contributed by atoms with E-state index in [1.165, 1.54) is 24.3 Å². The molecule has 0 amide bonds. The summed E-state index contributed by atoms with van der Waals surface area (Å²) in [6.45, 7) is 3.59. The molecule has 6 heteroatoms. The maximum Gasteiger partial charge on any atom is 0.349 e. The van der Waals surface area contributed by atoms with Gasteiger partial charge in [0.25, 0.3) is 0 Å². The molecule has 3 aromatic rings. The first-order valence-electron chi connectivity index (χ1n) is 9.81. The molecular formula is C25H22FNO4. The number of rotatable bonds is 8. The summed E-state index contributed by atoms with van der Waals surface area (Å²) >= 11 is 0. The van der Waals surface area contributed by atoms with Gasteiger partial charge in [0, 0.05) is 11.5 Å². The number of carbonyl (C=O) groups is 1. The summed E-state index contributed by atoms with van der Waals surface area (Å²) in [5.41, 5.74) is 0.480. The number of nitrogens with zero attached hydrogens (tertiary/aromatic N) is 1. The number of carbonyl (C=O) groups excluding carboxylic acids is 1. The normalized spacial score (nSPS) is 12.5. The number of halogens is 1. The van der Waals surface area contributed by atoms with Gasteiger partial charge in [-0.15, -0.1) is 0 Å². The number of para-hydroxylation sites is 1. The van der Waals surface area contributed by atoms with Crippen molar-refractivity contribution < 1.29 is 23.4 Å². The molecular weight excluding hydrogens is 397 g/mol. The molecule has 3 aromatic carbocycles. The smallest absolute Gasteiger partial charge is 0.349 e. The van der Waals surface area contributed by atoms with E-state index in [9.17, 15) is 14.4 Å². The quantitative estimate of drug-likeness (QED) is 0.430. The third-order valence-corrected chi connectivity index (χ3v) is 4.41. The lowest BCUT2D eigenvalue weighted by atomic mass is 10.1. The van der Waals surface area contributed by atoms with Crippen LogP contribution in [0.4, 0.5) is 4.39 Å². The number of esters is 1. The summed E-state index contributed by atoms with van der Waals surface area (Å²) in [5, 5.41) is 9.60. The number of hydrogen-bond acceptors (Lipinski definition) is 5. The van der Waals surface area contributed by atoms with Gasteiger partial charge in [0.05, 0.1) is 0 Å². The van der Waals surface area contributed by atoms with Crippen molar-refractivity contribution in [3.63, 3.8) is 0 Å². The maximum absolute atomic E-state index is 13.1. The van der Waals surface area contributed by atoms with E-state index in [0.29, 0.717) is 22.8 Å². The van der Waals surface area contributed by atoms with Crippen LogP contribution in [0.5, 0.6) is 17.2 Å². The predicted molar refractivity (Wildman–Crippen MR) is 113 cm³/mol. The Morgan fingerprint density at radius 1 is 0.903 bits per heavy atom. The molecule has 0 aliphatic rings. The maximum atomic E-state index is 13.1. The molecule has 31 heavy (non-hydrogen) atoms. The van der Waals surface area contributed by atoms with Crippen LogP contribution in [0.15, 0.2) is 78.9 Å². The average molecular weight is 419 g/mol. The van der Waals surface area contributed by atoms with Crippen molar-refractivity contribution in [2.75, 3.05) is 0 Å². The van der Waals surface area contributed by atoms with Crippen molar-refractivity contribution in [3.05, 3.63) is 90.2 Å². The molecule has 0 heterocycles. The molecule has 0 aliphatic heterocycles. The highest BCUT2D eigenvalue weighted by Crippen LogP contribution is 2.27. The van der Waals surface area contributed by atoms with Gasteiger partial charge in [-0.05, 0) is 48.5 Å². The van der Waals surface area contributed by atoms with Gasteiger partial charge in [0.1, 0.15) is 29.1 Å². The zero-order chi connectivity index (χ0) is 22.2. The summed E-state index contributed by atoms with van der Waals surface area (Å²) in [7, 11) is 0. The van der Waals surface area contributed by atoms with Crippen molar-refractivity contribution >= 4 is 5.97 Å². The molecule has 0 spiro atoms. The van der Waals surface area contributed by atoms with E-state index in [0.717, 1.165) is 0 Å². The highest BCUT2D eigenvalue weighted by molar-refractivity contribution is 5.76. The monoisotopic (exact) mass is 419 g/mol. The molecule has 2 atom stereocenters. The molecule has 0 saturated carbocycles. The van der Waals surface area contributed by atoms with Gasteiger partial charge in [-0.2, -0.15) is 5.26 Å². The van der Waals surface area contributed by atoms with E-state index in [4.69, 9.17) is 14.2 Å². The van der Waals surface area contributed by atoms with Gasteiger partial charge in [-0.3, -0.25) is 0 Å². The minimum atomic E-state index is -1.13. The van der Waals surface area contributed by atoms with Crippen LogP contribution in [0.1, 0.15) is 25.5 Å². The molecule has 3 rings (SSSR count). The average Bonchev–Trinajstić information content (AvgIpc) is 2.77. The highest BCUT2D eigenvalue weighted by atomic mass is 19.1. The Balaban J connectivity index is 1.73. The molecule has 158 valence electrons. The number of hydrogen-bond donors (Lipinski definition) is 0. The number of ether oxygens (including phenoxy) is 3. The van der Waals surface area contributed by atoms with Crippen LogP contribution in [-0.2, 0) is 9.53 Å². The second kappa shape index (κ2) is 10.3. The van der Waals surface area contributed by atoms with Crippen molar-refractivity contribution in [1.29, 1.82) is 5.26 Å². The van der Waals surface area contributed by atoms with Gasteiger partial charge in [0.15, 0.2) is 6.10 Å². The Bertz CT molecular complexity index is 1050. The minimum absolute atomic E-state index is 0.232. The summed E-state index contributed by atoms with van der Waals surface area (Å²) in [6, 6.07) is 23.4. The van der Waals surface area contributed by atoms with Crippen LogP contribution < -0.4 is 9.47 Å². The number of nitriles is 1. The summed E-state index contributed by atoms with van der Waals surface area (Å²) < 4.78 is 30.1. The summed E-state index contributed by atoms with van der Waals surface area (Å²) in [4.78, 5) is 12.8. The molecule has 5 nitrogen and oxygen atoms in total. The standard InChI is InChI=1S/C25H22FNO4/c1-17(2)24(30-21-13-11-19(26)12-14-21)25(28)31-23(16-27)18-7-6-10-22(15-18)29-20-8-4-3-5-9-20/h3-15,17,23-24H,1-2H3. The van der Waals surface area contributed by atoms with Gasteiger partial charge < -0.3 is 14.2 Å². The lowest BCUT2D eigenvalue weighted by Crippen LogP contribution is -2.35. The van der Waals surface area contributed by atoms with Crippen molar-refractivity contribution in [1.82, 2.24) is 0 Å². The van der Waals surface area contributed by atoms with Gasteiger partial charge >= 0.3 is 5.97 Å². The van der Waals surface area contributed by atoms with E-state index in [1.54, 1.807) is 38.1 Å². The second-order valence-electron chi connectivity index (χ2n) is 7.17. The fourth-order valence-corrected chi connectivity index (χ4v) is 2.83. The van der Waals surface area contributed by atoms with E-state index >= 15 is 0 Å². The SMILES string of the molecule is CC(C)C(Oc1ccc(F)cc1)C(=O)OC(C#N)c1cccc(Oc2ccccc2)c1. The molecule has 0 saturated heterocycles. The van der Waals surface area contributed by atoms with Gasteiger partial charge in [0.2, 0.25) is 6.10 Å². The van der Waals surface area contributed by atoms with Crippen LogP contribution in [0, 0.1) is 23.1 Å². The molecule has 0 bridgehead atoms. The zero-order valence-corrected chi connectivity index (χ0v) is 17.2. The fourth-order valence-electron chi connectivity index (χ4n) is 2.83. The van der Waals surface area contributed by atoms with E-state index in [2.05, 4.69) is 0 Å². The van der Waals surface area contributed by atoms with Gasteiger partial charge in [-0.25, -0.2) is 9.18 Å². The van der Waals surface area contributed by atoms with E-state index in [1.807, 2.05) is 36.4 Å². The first kappa shape index (κ1) is 21.8. The summed E-state index contributed by atoms with van der Waals surface area (Å²) in [5.74, 6) is 0.188. The summed E-state index contributed by atoms with van der Waals surface area (Å²) in [6.07, 6.45) is -2.09. The van der Waals surface area contributed by atoms with Crippen LogP contribution in [-0.4, -0.2) is 12.1 Å². The van der Waals surface area contributed by atoms with Crippen molar-refractivity contribution in [3.8, 4) is 23.3 Å². The predicted octanol–water partition coefficient (Wildman–Crippen LogP) is 5.83. The minimum Gasteiger partial charge on any atom is -0.478 e. The Morgan fingerprint density at radius 3 is 2.23 bits per heavy atom. The first-order valence-corrected chi connectivity index (χ1v) is 9.81. The molecule has 0 aromatic heterocycles. The molecule has 0 N–H and O–H groups in total. The molecule has 0 radical (unpaired) electrons. The van der Waals surface area contributed by atoms with Crippen molar-refractivity contribution in [2.24, 2.45) is 5.92 Å². The van der Waals surface area contributed by atoms with Gasteiger partial charge in [-0.1, -0.05) is 44.2 Å². The zero-order valence-electron chi connectivity index (χ0n) is 17.2. The Kier molecular flexibility index (Phi) is 7.23. The Labute approximate surface area is 180 Å². The molecule has 0 aliphatic carbocycles. The van der Waals surface area contributed by atoms with Crippen LogP contribution >= 0.6 is 0 Å². The van der Waals surface area contributed by atoms with Crippen LogP contribution in [0.2, 0.25) is 0 Å². The number of benzene rings is 3. The Hall–Kier alpha value is -3.85. The van der Waals surface area contributed by atoms with Crippen molar-refractivity contribution in [2.45, 2.75) is 26.1 Å². The fraction of sp³-hybridized carbons (Fsp3) is 0.200. The lowest BCUT2D eigenvalue weighted by molar-refractivity contribution is -0.157. The highest BCUT2D eigenvalue weighted by Gasteiger charge is 2.29. The first-order chi connectivity index (χ1) is 15.0. The largest absolute Gasteiger partial charge is 0.478 e. The van der Waals surface area contributed by atoms with Crippen LogP contribution in [0.3, 0.4) is 0 Å². The second-order valence-corrected chi connectivity index (χ2v) is 7.17. The molecule has 0 fully saturated rings. The third kappa shape index (κ3) is 6.06. The molecule has 2 unspecified atom stereocenters. The third-order valence-electron chi connectivity index (χ3n) is 4.41. The lowest BCUT2D eigenvalue weighted by Gasteiger charge is -2.22. The van der Waals surface area contributed by atoms with Crippen LogP contribution in [0.25, 0.3) is 0 Å². The Morgan fingerprint density at radius 2 is 1.58 bits per heavy atom. The van der Waals surface area contributed by atoms with E-state index < -0.39 is 24.0 Å².